The van der Waals surface area contributed by atoms with Crippen molar-refractivity contribution in [3.05, 3.63) is 48.0 Å². The molecule has 24 heavy (non-hydrogen) atoms. The van der Waals surface area contributed by atoms with Gasteiger partial charge in [-0.3, -0.25) is 4.90 Å². The first-order valence-electron chi connectivity index (χ1n) is 8.17. The zero-order valence-electron chi connectivity index (χ0n) is 14.2. The lowest BCUT2D eigenvalue weighted by atomic mass is 10.1. The zero-order valence-corrected chi connectivity index (χ0v) is 14.2. The molecular formula is C19H24N2O3. The van der Waals surface area contributed by atoms with Crippen LogP contribution in [0.2, 0.25) is 0 Å². The molecule has 1 N–H and O–H groups in total. The first-order valence-corrected chi connectivity index (χ1v) is 8.17. The Morgan fingerprint density at radius 2 is 1.62 bits per heavy atom. The lowest BCUT2D eigenvalue weighted by Crippen LogP contribution is -2.46. The molecule has 5 nitrogen and oxygen atoms in total. The van der Waals surface area contributed by atoms with Gasteiger partial charge in [-0.25, -0.2) is 0 Å². The van der Waals surface area contributed by atoms with Gasteiger partial charge in [0.05, 0.1) is 19.9 Å². The Labute approximate surface area is 143 Å². The fraction of sp³-hybridized carbons (Fsp3) is 0.368. The minimum absolute atomic E-state index is 0.197. The Bertz CT molecular complexity index is 682. The summed E-state index contributed by atoms with van der Waals surface area (Å²) >= 11 is 0. The highest BCUT2D eigenvalue weighted by molar-refractivity contribution is 5.58. The highest BCUT2D eigenvalue weighted by Gasteiger charge is 2.19. The van der Waals surface area contributed by atoms with Gasteiger partial charge in [-0.15, -0.1) is 0 Å². The second kappa shape index (κ2) is 7.45. The molecule has 1 fully saturated rings. The summed E-state index contributed by atoms with van der Waals surface area (Å²) < 4.78 is 10.6. The molecular weight excluding hydrogens is 304 g/mol. The van der Waals surface area contributed by atoms with Crippen LogP contribution in [0, 0.1) is 0 Å². The fourth-order valence-electron chi connectivity index (χ4n) is 3.13. The van der Waals surface area contributed by atoms with Crippen LogP contribution in [0.15, 0.2) is 42.5 Å². The van der Waals surface area contributed by atoms with Crippen LogP contribution >= 0.6 is 0 Å². The van der Waals surface area contributed by atoms with Gasteiger partial charge < -0.3 is 19.5 Å². The lowest BCUT2D eigenvalue weighted by Gasteiger charge is -2.36. The van der Waals surface area contributed by atoms with E-state index >= 15 is 0 Å². The highest BCUT2D eigenvalue weighted by Crippen LogP contribution is 2.29. The van der Waals surface area contributed by atoms with E-state index in [9.17, 15) is 5.11 Å². The molecule has 128 valence electrons. The van der Waals surface area contributed by atoms with Crippen LogP contribution in [0.4, 0.5) is 5.69 Å². The van der Waals surface area contributed by atoms with E-state index in [0.717, 1.165) is 49.7 Å². The highest BCUT2D eigenvalue weighted by atomic mass is 16.5. The molecule has 1 aliphatic rings. The third-order valence-corrected chi connectivity index (χ3v) is 4.45. The predicted octanol–water partition coefficient (Wildman–Crippen LogP) is 2.73. The molecule has 2 aromatic rings. The number of para-hydroxylation sites is 2. The zero-order chi connectivity index (χ0) is 16.9. The number of methoxy groups -OCH3 is 2. The molecule has 5 heteroatoms. The summed E-state index contributed by atoms with van der Waals surface area (Å²) in [4.78, 5) is 4.76. The lowest BCUT2D eigenvalue weighted by molar-refractivity contribution is 0.248. The summed E-state index contributed by atoms with van der Waals surface area (Å²) in [5.41, 5.74) is 2.25. The van der Waals surface area contributed by atoms with E-state index in [1.54, 1.807) is 20.3 Å². The summed E-state index contributed by atoms with van der Waals surface area (Å²) in [6.07, 6.45) is 0. The van der Waals surface area contributed by atoms with Gasteiger partial charge in [-0.1, -0.05) is 18.2 Å². The summed E-state index contributed by atoms with van der Waals surface area (Å²) in [6, 6.07) is 13.8. The van der Waals surface area contributed by atoms with Crippen LogP contribution in [0.5, 0.6) is 17.2 Å². The molecule has 0 amide bonds. The Balaban J connectivity index is 1.60. The van der Waals surface area contributed by atoms with Gasteiger partial charge in [0, 0.05) is 32.7 Å². The van der Waals surface area contributed by atoms with E-state index < -0.39 is 0 Å². The number of hydrogen-bond acceptors (Lipinski definition) is 5. The van der Waals surface area contributed by atoms with Crippen molar-refractivity contribution in [3.8, 4) is 17.2 Å². The minimum Gasteiger partial charge on any atom is -0.504 e. The maximum Gasteiger partial charge on any atom is 0.160 e. The van der Waals surface area contributed by atoms with Crippen molar-refractivity contribution in [2.75, 3.05) is 45.3 Å². The van der Waals surface area contributed by atoms with Crippen LogP contribution in [-0.4, -0.2) is 50.4 Å². The number of hydrogen-bond donors (Lipinski definition) is 1. The standard InChI is InChI=1S/C19H24N2O3/c1-23-18-6-4-3-5-16(18)21-11-9-20(10-12-21)14-15-7-8-19(24-2)17(22)13-15/h3-8,13,22H,9-12,14H2,1-2H3. The van der Waals surface area contributed by atoms with Crippen molar-refractivity contribution in [2.24, 2.45) is 0 Å². The van der Waals surface area contributed by atoms with Gasteiger partial charge in [0.15, 0.2) is 11.5 Å². The number of piperazine rings is 1. The van der Waals surface area contributed by atoms with Crippen molar-refractivity contribution in [1.82, 2.24) is 4.90 Å². The maximum absolute atomic E-state index is 9.90. The van der Waals surface area contributed by atoms with Gasteiger partial charge in [0.1, 0.15) is 5.75 Å². The predicted molar refractivity (Wildman–Crippen MR) is 95.1 cm³/mol. The molecule has 0 bridgehead atoms. The van der Waals surface area contributed by atoms with E-state index in [2.05, 4.69) is 15.9 Å². The molecule has 0 aromatic heterocycles. The van der Waals surface area contributed by atoms with Crippen LogP contribution < -0.4 is 14.4 Å². The van der Waals surface area contributed by atoms with Gasteiger partial charge >= 0.3 is 0 Å². The number of phenols is 1. The molecule has 1 heterocycles. The quantitative estimate of drug-likeness (QED) is 0.914. The number of benzene rings is 2. The fourth-order valence-corrected chi connectivity index (χ4v) is 3.13. The molecule has 0 radical (unpaired) electrons. The van der Waals surface area contributed by atoms with Gasteiger partial charge in [0.2, 0.25) is 0 Å². The summed E-state index contributed by atoms with van der Waals surface area (Å²) in [5, 5.41) is 9.90. The molecule has 0 aliphatic carbocycles. The van der Waals surface area contributed by atoms with E-state index in [0.29, 0.717) is 5.75 Å². The summed E-state index contributed by atoms with van der Waals surface area (Å²) in [5.74, 6) is 1.63. The largest absolute Gasteiger partial charge is 0.504 e. The van der Waals surface area contributed by atoms with Crippen molar-refractivity contribution in [1.29, 1.82) is 0 Å². The van der Waals surface area contributed by atoms with E-state index in [1.807, 2.05) is 30.3 Å². The number of aromatic hydroxyl groups is 1. The van der Waals surface area contributed by atoms with Crippen LogP contribution in [0.1, 0.15) is 5.56 Å². The van der Waals surface area contributed by atoms with Gasteiger partial charge in [-0.2, -0.15) is 0 Å². The monoisotopic (exact) mass is 328 g/mol. The topological polar surface area (TPSA) is 45.2 Å². The number of phenolic OH excluding ortho intramolecular Hbond substituents is 1. The number of rotatable bonds is 5. The third kappa shape index (κ3) is 3.57. The summed E-state index contributed by atoms with van der Waals surface area (Å²) in [7, 11) is 3.27. The minimum atomic E-state index is 0.197. The van der Waals surface area contributed by atoms with Crippen molar-refractivity contribution in [2.45, 2.75) is 6.54 Å². The number of nitrogens with zero attached hydrogens (tertiary/aromatic N) is 2. The van der Waals surface area contributed by atoms with Gasteiger partial charge in [0.25, 0.3) is 0 Å². The molecule has 3 rings (SSSR count). The Kier molecular flexibility index (Phi) is 5.11. The van der Waals surface area contributed by atoms with Crippen LogP contribution in [-0.2, 0) is 6.54 Å². The van der Waals surface area contributed by atoms with Crippen molar-refractivity contribution < 1.29 is 14.6 Å². The normalized spacial score (nSPS) is 15.3. The smallest absolute Gasteiger partial charge is 0.160 e. The maximum atomic E-state index is 9.90. The van der Waals surface area contributed by atoms with Gasteiger partial charge in [-0.05, 0) is 29.8 Å². The Morgan fingerprint density at radius 3 is 2.29 bits per heavy atom. The second-order valence-electron chi connectivity index (χ2n) is 5.94. The first kappa shape index (κ1) is 16.5. The summed E-state index contributed by atoms with van der Waals surface area (Å²) in [6.45, 7) is 4.71. The Morgan fingerprint density at radius 1 is 0.917 bits per heavy atom. The number of ether oxygens (including phenoxy) is 2. The molecule has 0 unspecified atom stereocenters. The second-order valence-corrected chi connectivity index (χ2v) is 5.94. The first-order chi connectivity index (χ1) is 11.7. The third-order valence-electron chi connectivity index (χ3n) is 4.45. The average Bonchev–Trinajstić information content (AvgIpc) is 2.62. The van der Waals surface area contributed by atoms with E-state index in [-0.39, 0.29) is 5.75 Å². The van der Waals surface area contributed by atoms with E-state index in [4.69, 9.17) is 9.47 Å². The molecule has 2 aromatic carbocycles. The van der Waals surface area contributed by atoms with Crippen LogP contribution in [0.25, 0.3) is 0 Å². The molecule has 0 spiro atoms. The molecule has 0 saturated carbocycles. The Hall–Kier alpha value is -2.40. The number of anilines is 1. The van der Waals surface area contributed by atoms with E-state index in [1.165, 1.54) is 0 Å². The van der Waals surface area contributed by atoms with Crippen molar-refractivity contribution in [3.63, 3.8) is 0 Å². The van der Waals surface area contributed by atoms with Crippen LogP contribution in [0.3, 0.4) is 0 Å². The average molecular weight is 328 g/mol. The molecule has 1 aliphatic heterocycles. The SMILES string of the molecule is COc1ccc(CN2CCN(c3ccccc3OC)CC2)cc1O. The van der Waals surface area contributed by atoms with Crippen molar-refractivity contribution >= 4 is 5.69 Å². The molecule has 0 atom stereocenters. The molecule has 1 saturated heterocycles.